The number of fused-ring (bicyclic) bond motifs is 4. The Morgan fingerprint density at radius 1 is 0.537 bits per heavy atom. The van der Waals surface area contributed by atoms with E-state index in [1.165, 1.54) is 79.5 Å². The summed E-state index contributed by atoms with van der Waals surface area (Å²) >= 11 is 0. The van der Waals surface area contributed by atoms with Crippen LogP contribution in [0.25, 0.3) is 28.5 Å². The minimum Gasteiger partial charge on any atom is -0.0877 e. The van der Waals surface area contributed by atoms with Crippen LogP contribution in [0.1, 0.15) is 132 Å². The fourth-order valence-electron chi connectivity index (χ4n) is 15.7. The second kappa shape index (κ2) is 24.2. The molecule has 4 aromatic rings. The third kappa shape index (κ3) is 10.8. The number of hydrogen-bond donors (Lipinski definition) is 0. The molecule has 8 unspecified atom stereocenters. The molecule has 9 aliphatic rings. The molecule has 400 valence electrons. The third-order valence-corrected chi connectivity index (χ3v) is 19.7. The summed E-state index contributed by atoms with van der Waals surface area (Å²) < 4.78 is 0. The van der Waals surface area contributed by atoms with Crippen molar-refractivity contribution in [2.75, 3.05) is 0 Å². The summed E-state index contributed by atoms with van der Waals surface area (Å²) in [7, 11) is 0. The Kier molecular flexibility index (Phi) is 15.8. The van der Waals surface area contributed by atoms with E-state index in [1.807, 2.05) is 0 Å². The van der Waals surface area contributed by atoms with Crippen LogP contribution in [0.15, 0.2) is 275 Å². The van der Waals surface area contributed by atoms with E-state index in [2.05, 4.69) is 244 Å². The SMILES string of the molecule is C/C=C\C=C/CC(c1cccc2ccccc12)C1C=CC(C(C2=CC=C(C3=CC=C(C(C4=C5C=CCCC5CC=C4)C4C=CC(C(C5=CCCC=C5)C5=c6ccccc6=CCC5)=CC4)CC3)CC2)C2CC=Cc3ccccc32)=CC1. The first-order valence-electron chi connectivity index (χ1n) is 31.0. The quantitative estimate of drug-likeness (QED) is 0.104. The molecule has 0 spiro atoms. The molecule has 0 N–H and O–H groups in total. The van der Waals surface area contributed by atoms with Crippen molar-refractivity contribution in [1.82, 2.24) is 0 Å². The van der Waals surface area contributed by atoms with Crippen LogP contribution in [0.2, 0.25) is 0 Å². The van der Waals surface area contributed by atoms with Crippen LogP contribution in [-0.4, -0.2) is 0 Å². The molecule has 0 heterocycles. The molecule has 0 bridgehead atoms. The molecule has 0 fully saturated rings. The summed E-state index contributed by atoms with van der Waals surface area (Å²) in [5.74, 6) is 3.32. The van der Waals surface area contributed by atoms with E-state index in [-0.39, 0.29) is 0 Å². The number of hydrogen-bond acceptors (Lipinski definition) is 0. The lowest BCUT2D eigenvalue weighted by molar-refractivity contribution is 0.477. The van der Waals surface area contributed by atoms with E-state index in [1.54, 1.807) is 33.4 Å². The highest BCUT2D eigenvalue weighted by atomic mass is 14.4. The van der Waals surface area contributed by atoms with Crippen LogP contribution < -0.4 is 10.4 Å². The van der Waals surface area contributed by atoms with Crippen LogP contribution in [0.5, 0.6) is 0 Å². The molecule has 9 aliphatic carbocycles. The average Bonchev–Trinajstić information content (AvgIpc) is 3.54. The number of allylic oxidation sites excluding steroid dienone is 31. The lowest BCUT2D eigenvalue weighted by atomic mass is 9.67. The molecule has 13 rings (SSSR count). The van der Waals surface area contributed by atoms with E-state index in [0.29, 0.717) is 47.3 Å². The number of rotatable bonds is 15. The fourth-order valence-corrected chi connectivity index (χ4v) is 15.7. The predicted octanol–water partition coefficient (Wildman–Crippen LogP) is 19.7. The van der Waals surface area contributed by atoms with E-state index in [0.717, 1.165) is 77.0 Å². The highest BCUT2D eigenvalue weighted by molar-refractivity contribution is 5.86. The van der Waals surface area contributed by atoms with Crippen LogP contribution in [0.3, 0.4) is 0 Å². The Morgan fingerprint density at radius 2 is 1.29 bits per heavy atom. The van der Waals surface area contributed by atoms with Gasteiger partial charge in [-0.25, -0.2) is 0 Å². The van der Waals surface area contributed by atoms with Gasteiger partial charge >= 0.3 is 0 Å². The Balaban J connectivity index is 0.799. The molecule has 8 atom stereocenters. The molecular formula is C80H80. The fraction of sp³-hybridized carbons (Fsp3) is 0.300. The van der Waals surface area contributed by atoms with Gasteiger partial charge in [0.25, 0.3) is 0 Å². The van der Waals surface area contributed by atoms with Crippen LogP contribution in [0.4, 0.5) is 0 Å². The molecule has 0 aliphatic heterocycles. The van der Waals surface area contributed by atoms with Gasteiger partial charge in [-0.1, -0.05) is 254 Å². The van der Waals surface area contributed by atoms with Crippen molar-refractivity contribution in [3.8, 4) is 0 Å². The molecule has 80 heavy (non-hydrogen) atoms. The Bertz CT molecular complexity index is 3680. The maximum absolute atomic E-state index is 2.66. The second-order valence-electron chi connectivity index (χ2n) is 24.2. The predicted molar refractivity (Wildman–Crippen MR) is 342 cm³/mol. The van der Waals surface area contributed by atoms with E-state index in [9.17, 15) is 0 Å². The van der Waals surface area contributed by atoms with E-state index >= 15 is 0 Å². The molecular weight excluding hydrogens is 961 g/mol. The summed E-state index contributed by atoms with van der Waals surface area (Å²) in [5.41, 5.74) is 19.9. The standard InChI is InChI=1S/C80H80/c1-2-3-4-8-31-70(74-36-17-27-58-21-9-13-32-69(58)74)62-44-50-66(51-45-62)79(76-38-19-29-60-23-11-15-34-72(60)76)64-46-40-56(41-47-64)57-42-48-65(49-43-57)80(77-39-20-30-61-24-12-16-35-73(61)77)68-54-52-67(53-55-68)78(63-25-6-5-7-26-63)75-37-18-28-59-22-10-14-33-71(59)75/h2-4,6,8-11,13-17,19-23,25-29,32-36,39-40,42,44,46,48,50-54,61-62,68,70,76,78-80H,5,7,12,18,24,30-31,37-38,41,43,45,47,49,55H2,1H3/b3-2-,8-4-. The van der Waals surface area contributed by atoms with Crippen molar-refractivity contribution in [3.05, 3.63) is 302 Å². The topological polar surface area (TPSA) is 0 Å². The van der Waals surface area contributed by atoms with Gasteiger partial charge in [-0.15, -0.1) is 0 Å². The van der Waals surface area contributed by atoms with Crippen LogP contribution in [0, 0.1) is 35.5 Å². The monoisotopic (exact) mass is 1040 g/mol. The molecule has 4 aromatic carbocycles. The maximum Gasteiger partial charge on any atom is 0.0301 e. The van der Waals surface area contributed by atoms with E-state index in [4.69, 9.17) is 0 Å². The van der Waals surface area contributed by atoms with Gasteiger partial charge in [0.2, 0.25) is 0 Å². The first-order valence-corrected chi connectivity index (χ1v) is 31.0. The molecule has 0 aromatic heterocycles. The van der Waals surface area contributed by atoms with Gasteiger partial charge in [-0.2, -0.15) is 0 Å². The van der Waals surface area contributed by atoms with Gasteiger partial charge in [-0.3, -0.25) is 0 Å². The molecule has 0 heteroatoms. The minimum atomic E-state index is 0.311. The highest BCUT2D eigenvalue weighted by Crippen LogP contribution is 2.50. The lowest BCUT2D eigenvalue weighted by Gasteiger charge is -2.37. The molecule has 0 saturated carbocycles. The van der Waals surface area contributed by atoms with Gasteiger partial charge in [-0.05, 0) is 210 Å². The maximum atomic E-state index is 2.66. The highest BCUT2D eigenvalue weighted by Gasteiger charge is 2.36. The first-order chi connectivity index (χ1) is 39.7. The third-order valence-electron chi connectivity index (χ3n) is 19.7. The van der Waals surface area contributed by atoms with E-state index < -0.39 is 0 Å². The Hall–Kier alpha value is -7.28. The zero-order chi connectivity index (χ0) is 53.6. The smallest absolute Gasteiger partial charge is 0.0301 e. The summed E-state index contributed by atoms with van der Waals surface area (Å²) in [4.78, 5) is 0. The van der Waals surface area contributed by atoms with Gasteiger partial charge in [0.15, 0.2) is 0 Å². The van der Waals surface area contributed by atoms with Crippen molar-refractivity contribution >= 4 is 28.5 Å². The minimum absolute atomic E-state index is 0.311. The summed E-state index contributed by atoms with van der Waals surface area (Å²) in [6, 6.07) is 34.3. The molecule has 0 nitrogen and oxygen atoms in total. The van der Waals surface area contributed by atoms with Gasteiger partial charge < -0.3 is 0 Å². The van der Waals surface area contributed by atoms with Crippen LogP contribution >= 0.6 is 0 Å². The van der Waals surface area contributed by atoms with Gasteiger partial charge in [0.05, 0.1) is 0 Å². The molecule has 0 radical (unpaired) electrons. The van der Waals surface area contributed by atoms with Crippen molar-refractivity contribution in [3.63, 3.8) is 0 Å². The largest absolute Gasteiger partial charge is 0.0877 e. The Labute approximate surface area is 478 Å². The Morgan fingerprint density at radius 3 is 2.10 bits per heavy atom. The summed E-state index contributed by atoms with van der Waals surface area (Å²) in [6.45, 7) is 2.10. The molecule has 0 saturated heterocycles. The van der Waals surface area contributed by atoms with Gasteiger partial charge in [0, 0.05) is 17.8 Å². The zero-order valence-corrected chi connectivity index (χ0v) is 47.2. The zero-order valence-electron chi connectivity index (χ0n) is 47.2. The van der Waals surface area contributed by atoms with Crippen molar-refractivity contribution in [2.45, 2.75) is 115 Å². The normalized spacial score (nSPS) is 24.9. The van der Waals surface area contributed by atoms with Crippen molar-refractivity contribution < 1.29 is 0 Å². The second-order valence-corrected chi connectivity index (χ2v) is 24.2. The summed E-state index contributed by atoms with van der Waals surface area (Å²) in [5, 5.41) is 5.58. The van der Waals surface area contributed by atoms with Crippen molar-refractivity contribution in [2.24, 2.45) is 35.5 Å². The summed E-state index contributed by atoms with van der Waals surface area (Å²) in [6.07, 6.45) is 76.3. The number of benzene rings is 4. The van der Waals surface area contributed by atoms with Crippen LogP contribution in [-0.2, 0) is 0 Å². The van der Waals surface area contributed by atoms with Crippen molar-refractivity contribution in [1.29, 1.82) is 0 Å². The molecule has 0 amide bonds. The van der Waals surface area contributed by atoms with Gasteiger partial charge in [0.1, 0.15) is 0 Å². The lowest BCUT2D eigenvalue weighted by Crippen LogP contribution is -2.32. The first kappa shape index (κ1) is 52.1. The average molecular weight is 1040 g/mol.